The topological polar surface area (TPSA) is 67.5 Å². The first kappa shape index (κ1) is 20.5. The normalized spacial score (nSPS) is 12.4. The number of nitrogens with zero attached hydrogens (tertiary/aromatic N) is 1. The number of hydrogen-bond acceptors (Lipinski definition) is 2. The minimum Gasteiger partial charge on any atom is -0.387 e. The van der Waals surface area contributed by atoms with E-state index in [1.54, 1.807) is 31.2 Å². The van der Waals surface area contributed by atoms with Crippen molar-refractivity contribution in [3.8, 4) is 0 Å². The average Bonchev–Trinajstić information content (AvgIpc) is 2.59. The van der Waals surface area contributed by atoms with E-state index in [9.17, 15) is 18.0 Å². The van der Waals surface area contributed by atoms with Crippen molar-refractivity contribution in [2.75, 3.05) is 0 Å². The molecule has 0 spiro atoms. The molecule has 142 valence electrons. The molecule has 0 bridgehead atoms. The minimum atomic E-state index is -4.51. The van der Waals surface area contributed by atoms with Gasteiger partial charge in [0.1, 0.15) is 5.84 Å². The van der Waals surface area contributed by atoms with Gasteiger partial charge in [0.05, 0.1) is 5.56 Å². The summed E-state index contributed by atoms with van der Waals surface area (Å²) in [5.74, 6) is -0.577. The van der Waals surface area contributed by atoms with Crippen molar-refractivity contribution in [2.45, 2.75) is 19.6 Å². The Balaban J connectivity index is 2.04. The van der Waals surface area contributed by atoms with Gasteiger partial charge < -0.3 is 11.1 Å². The molecule has 27 heavy (non-hydrogen) atoms. The number of aliphatic imine (C=N–C) groups is 1. The fraction of sp³-hybridized carbons (Fsp3) is 0.158. The highest BCUT2D eigenvalue weighted by molar-refractivity contribution is 6.31. The van der Waals surface area contributed by atoms with Crippen molar-refractivity contribution >= 4 is 23.3 Å². The summed E-state index contributed by atoms with van der Waals surface area (Å²) < 4.78 is 39.1. The number of hydrogen-bond donors (Lipinski definition) is 2. The lowest BCUT2D eigenvalue weighted by Gasteiger charge is -2.14. The lowest BCUT2D eigenvalue weighted by Crippen LogP contribution is -2.16. The van der Waals surface area contributed by atoms with Crippen molar-refractivity contribution in [1.29, 1.82) is 0 Å². The summed E-state index contributed by atoms with van der Waals surface area (Å²) in [6.45, 7) is 1.61. The van der Waals surface area contributed by atoms with Gasteiger partial charge in [-0.3, -0.25) is 4.79 Å². The first-order valence-electron chi connectivity index (χ1n) is 7.89. The smallest absolute Gasteiger partial charge is 0.387 e. The number of rotatable bonds is 5. The van der Waals surface area contributed by atoms with Gasteiger partial charge in [-0.1, -0.05) is 35.9 Å². The molecule has 0 aliphatic heterocycles. The second kappa shape index (κ2) is 8.73. The summed E-state index contributed by atoms with van der Waals surface area (Å²) in [5.41, 5.74) is 5.96. The van der Waals surface area contributed by atoms with E-state index in [0.29, 0.717) is 5.56 Å². The van der Waals surface area contributed by atoms with Crippen LogP contribution >= 0.6 is 11.6 Å². The van der Waals surface area contributed by atoms with Gasteiger partial charge in [-0.2, -0.15) is 18.2 Å². The fourth-order valence-electron chi connectivity index (χ4n) is 2.34. The molecule has 0 saturated heterocycles. The zero-order valence-electron chi connectivity index (χ0n) is 14.3. The number of nitrogens with one attached hydrogen (secondary N) is 1. The van der Waals surface area contributed by atoms with Gasteiger partial charge in [-0.25, -0.2) is 0 Å². The van der Waals surface area contributed by atoms with Gasteiger partial charge in [0.25, 0.3) is 5.91 Å². The van der Waals surface area contributed by atoms with Crippen molar-refractivity contribution in [3.05, 3.63) is 82.0 Å². The summed E-state index contributed by atoms with van der Waals surface area (Å²) in [6.07, 6.45) is -1.90. The van der Waals surface area contributed by atoms with Crippen LogP contribution in [0.1, 0.15) is 27.0 Å². The highest BCUT2D eigenvalue weighted by Crippen LogP contribution is 2.34. The third-order valence-corrected chi connectivity index (χ3v) is 4.04. The maximum absolute atomic E-state index is 13.0. The largest absolute Gasteiger partial charge is 0.416 e. The highest BCUT2D eigenvalue weighted by atomic mass is 35.5. The Labute approximate surface area is 159 Å². The molecule has 2 aromatic carbocycles. The zero-order chi connectivity index (χ0) is 20.0. The number of carbonyl (C=O) groups is 1. The molecule has 0 atom stereocenters. The number of carbonyl (C=O) groups excluding carboxylic acids is 1. The number of aryl methyl sites for hydroxylation is 1. The Kier molecular flexibility index (Phi) is 6.63. The minimum absolute atomic E-state index is 0.00194. The van der Waals surface area contributed by atoms with Crippen molar-refractivity contribution < 1.29 is 18.0 Å². The van der Waals surface area contributed by atoms with Gasteiger partial charge in [-0.15, -0.1) is 0 Å². The van der Waals surface area contributed by atoms with E-state index in [0.717, 1.165) is 11.6 Å². The maximum atomic E-state index is 13.0. The second-order valence-corrected chi connectivity index (χ2v) is 6.04. The Hall–Kier alpha value is -2.80. The van der Waals surface area contributed by atoms with Crippen molar-refractivity contribution in [2.24, 2.45) is 10.7 Å². The monoisotopic (exact) mass is 395 g/mol. The Morgan fingerprint density at radius 2 is 1.93 bits per heavy atom. The zero-order valence-corrected chi connectivity index (χ0v) is 15.1. The van der Waals surface area contributed by atoms with Crippen LogP contribution in [0.2, 0.25) is 5.02 Å². The highest BCUT2D eigenvalue weighted by Gasteiger charge is 2.33. The summed E-state index contributed by atoms with van der Waals surface area (Å²) in [4.78, 5) is 15.8. The molecule has 0 fully saturated rings. The molecule has 0 aliphatic carbocycles. The van der Waals surface area contributed by atoms with Crippen LogP contribution in [0.4, 0.5) is 13.2 Å². The molecule has 0 unspecified atom stereocenters. The predicted octanol–water partition coefficient (Wildman–Crippen LogP) is 4.47. The molecule has 2 rings (SSSR count). The van der Waals surface area contributed by atoms with Crippen LogP contribution in [0.3, 0.4) is 0 Å². The molecular formula is C19H17ClF3N3O. The van der Waals surface area contributed by atoms with Crippen LogP contribution in [0, 0.1) is 6.92 Å². The van der Waals surface area contributed by atoms with E-state index in [1.165, 1.54) is 24.4 Å². The molecule has 0 aliphatic rings. The fourth-order valence-corrected chi connectivity index (χ4v) is 2.58. The van der Waals surface area contributed by atoms with Crippen molar-refractivity contribution in [3.63, 3.8) is 0 Å². The quantitative estimate of drug-likeness (QED) is 0.580. The third-order valence-electron chi connectivity index (χ3n) is 3.68. The number of halogens is 4. The van der Waals surface area contributed by atoms with Crippen LogP contribution in [0.5, 0.6) is 0 Å². The summed E-state index contributed by atoms with van der Waals surface area (Å²) in [5, 5.41) is 2.68. The molecule has 0 radical (unpaired) electrons. The predicted molar refractivity (Wildman–Crippen MR) is 99.6 cm³/mol. The van der Waals surface area contributed by atoms with Crippen LogP contribution in [-0.2, 0) is 12.7 Å². The Morgan fingerprint density at radius 1 is 1.22 bits per heavy atom. The van der Waals surface area contributed by atoms with Crippen molar-refractivity contribution in [1.82, 2.24) is 5.32 Å². The van der Waals surface area contributed by atoms with Gasteiger partial charge in [-0.05, 0) is 36.8 Å². The standard InChI is InChI=1S/C19H17ClF3N3O/c1-12-5-2-3-6-13(12)18(27)26-17(24)9-10-25-11-14-15(19(21,22)23)7-4-8-16(14)20/h2-10,25H,11H2,1H3,(H2,24,26,27)/b10-9-. The average molecular weight is 396 g/mol. The van der Waals surface area contributed by atoms with Crippen LogP contribution in [0.15, 0.2) is 59.7 Å². The molecule has 2 aromatic rings. The lowest BCUT2D eigenvalue weighted by atomic mass is 10.1. The van der Waals surface area contributed by atoms with Crippen LogP contribution in [0.25, 0.3) is 0 Å². The van der Waals surface area contributed by atoms with Crippen LogP contribution < -0.4 is 11.1 Å². The summed E-state index contributed by atoms with van der Waals surface area (Å²) in [7, 11) is 0. The first-order valence-corrected chi connectivity index (χ1v) is 8.26. The molecule has 0 heterocycles. The van der Waals surface area contributed by atoms with E-state index < -0.39 is 17.6 Å². The number of alkyl halides is 3. The van der Waals surface area contributed by atoms with E-state index in [1.807, 2.05) is 0 Å². The molecule has 0 aromatic heterocycles. The first-order chi connectivity index (χ1) is 12.7. The van der Waals surface area contributed by atoms with Crippen LogP contribution in [-0.4, -0.2) is 11.7 Å². The number of nitrogens with two attached hydrogens (primary N) is 1. The third kappa shape index (κ3) is 5.59. The molecule has 4 nitrogen and oxygen atoms in total. The van der Waals surface area contributed by atoms with E-state index in [-0.39, 0.29) is 23.0 Å². The maximum Gasteiger partial charge on any atom is 0.416 e. The summed E-state index contributed by atoms with van der Waals surface area (Å²) >= 11 is 5.87. The molecule has 3 N–H and O–H groups in total. The van der Waals surface area contributed by atoms with Gasteiger partial charge in [0.15, 0.2) is 0 Å². The van der Waals surface area contributed by atoms with Gasteiger partial charge in [0.2, 0.25) is 0 Å². The summed E-state index contributed by atoms with van der Waals surface area (Å²) in [6, 6.07) is 10.5. The SMILES string of the molecule is Cc1ccccc1C(=O)N=C(N)/C=C\NCc1c(Cl)cccc1C(F)(F)F. The van der Waals surface area contributed by atoms with E-state index in [2.05, 4.69) is 10.3 Å². The number of benzene rings is 2. The Bertz CT molecular complexity index is 892. The molecule has 0 saturated carbocycles. The number of amidine groups is 1. The molecular weight excluding hydrogens is 379 g/mol. The van der Waals surface area contributed by atoms with Gasteiger partial charge >= 0.3 is 6.18 Å². The van der Waals surface area contributed by atoms with Gasteiger partial charge in [0, 0.05) is 28.9 Å². The Morgan fingerprint density at radius 3 is 2.59 bits per heavy atom. The lowest BCUT2D eigenvalue weighted by molar-refractivity contribution is -0.138. The second-order valence-electron chi connectivity index (χ2n) is 5.63. The molecule has 1 amide bonds. The number of amides is 1. The van der Waals surface area contributed by atoms with E-state index in [4.69, 9.17) is 17.3 Å². The molecule has 8 heteroatoms. The van der Waals surface area contributed by atoms with E-state index >= 15 is 0 Å².